The van der Waals surface area contributed by atoms with Gasteiger partial charge in [0, 0.05) is 23.7 Å². The maximum atomic E-state index is 12.4. The van der Waals surface area contributed by atoms with Crippen molar-refractivity contribution in [1.29, 1.82) is 0 Å². The van der Waals surface area contributed by atoms with Crippen molar-refractivity contribution in [1.82, 2.24) is 15.3 Å². The normalized spacial score (nSPS) is 13.8. The van der Waals surface area contributed by atoms with Crippen molar-refractivity contribution in [3.8, 4) is 0 Å². The first-order valence-electron chi connectivity index (χ1n) is 11.1. The highest BCUT2D eigenvalue weighted by Gasteiger charge is 2.30. The number of nitrogens with one attached hydrogen (secondary N) is 1. The second-order valence-corrected chi connectivity index (χ2v) is 8.09. The number of pyridine rings is 2. The van der Waals surface area contributed by atoms with E-state index in [4.69, 9.17) is 4.98 Å². The van der Waals surface area contributed by atoms with Crippen LogP contribution in [0.25, 0.3) is 0 Å². The Morgan fingerprint density at radius 1 is 1.06 bits per heavy atom. The number of nitrogens with zero attached hydrogens (tertiary/aromatic N) is 2. The molecule has 1 aromatic carbocycles. The van der Waals surface area contributed by atoms with Crippen LogP contribution in [0.4, 0.5) is 13.2 Å². The number of rotatable bonds is 4. The molecule has 33 heavy (non-hydrogen) atoms. The number of fused-ring (bicyclic) bond motifs is 1. The summed E-state index contributed by atoms with van der Waals surface area (Å²) in [5, 5.41) is 3.12. The lowest BCUT2D eigenvalue weighted by Crippen LogP contribution is -2.29. The van der Waals surface area contributed by atoms with Gasteiger partial charge in [0.2, 0.25) is 0 Å². The van der Waals surface area contributed by atoms with E-state index in [9.17, 15) is 18.0 Å². The van der Waals surface area contributed by atoms with Crippen LogP contribution in [0, 0.1) is 6.92 Å². The molecule has 1 aliphatic rings. The molecule has 0 aliphatic heterocycles. The molecule has 2 aromatic heterocycles. The first-order chi connectivity index (χ1) is 15.8. The van der Waals surface area contributed by atoms with Gasteiger partial charge in [-0.1, -0.05) is 30.7 Å². The second-order valence-electron chi connectivity index (χ2n) is 8.09. The first kappa shape index (κ1) is 24.4. The highest BCUT2D eigenvalue weighted by Crippen LogP contribution is 2.27. The smallest absolute Gasteiger partial charge is 0.344 e. The van der Waals surface area contributed by atoms with E-state index in [1.165, 1.54) is 36.4 Å². The number of halogens is 3. The summed E-state index contributed by atoms with van der Waals surface area (Å²) in [7, 11) is 0. The number of aryl methyl sites for hydroxylation is 3. The van der Waals surface area contributed by atoms with Gasteiger partial charge in [-0.2, -0.15) is 13.2 Å². The maximum absolute atomic E-state index is 12.4. The molecule has 0 spiro atoms. The van der Waals surface area contributed by atoms with E-state index in [1.807, 2.05) is 31.2 Å². The molecule has 1 amide bonds. The van der Waals surface area contributed by atoms with Gasteiger partial charge in [0.15, 0.2) is 0 Å². The van der Waals surface area contributed by atoms with E-state index in [2.05, 4.69) is 29.4 Å². The zero-order chi connectivity index (χ0) is 23.8. The van der Waals surface area contributed by atoms with E-state index >= 15 is 0 Å². The monoisotopic (exact) mass is 455 g/mol. The molecule has 2 heterocycles. The molecule has 0 saturated heterocycles. The van der Waals surface area contributed by atoms with Crippen molar-refractivity contribution in [3.05, 3.63) is 94.6 Å². The Morgan fingerprint density at radius 2 is 1.79 bits per heavy atom. The van der Waals surface area contributed by atoms with Gasteiger partial charge in [-0.3, -0.25) is 14.8 Å². The molecule has 1 aliphatic carbocycles. The minimum absolute atomic E-state index is 0.0311. The Morgan fingerprint density at radius 3 is 2.39 bits per heavy atom. The third kappa shape index (κ3) is 6.88. The SMILES string of the molecule is CCC(NC(=O)c1ccc(C)cc1)c1ccc2c(n1)CCCC2.FC(F)(F)c1cccnc1. The van der Waals surface area contributed by atoms with E-state index in [0.29, 0.717) is 5.56 Å². The highest BCUT2D eigenvalue weighted by atomic mass is 19.4. The summed E-state index contributed by atoms with van der Waals surface area (Å²) < 4.78 is 35.2. The van der Waals surface area contributed by atoms with E-state index in [0.717, 1.165) is 42.8 Å². The first-order valence-corrected chi connectivity index (χ1v) is 11.1. The van der Waals surface area contributed by atoms with Crippen molar-refractivity contribution in [2.75, 3.05) is 0 Å². The van der Waals surface area contributed by atoms with Crippen LogP contribution in [0.1, 0.15) is 70.7 Å². The topological polar surface area (TPSA) is 54.9 Å². The Hall–Kier alpha value is -3.22. The van der Waals surface area contributed by atoms with Crippen molar-refractivity contribution in [3.63, 3.8) is 0 Å². The molecule has 0 fully saturated rings. The summed E-state index contributed by atoms with van der Waals surface area (Å²) in [6, 6.07) is 14.1. The molecule has 4 rings (SSSR count). The Balaban J connectivity index is 0.000000257. The highest BCUT2D eigenvalue weighted by molar-refractivity contribution is 5.94. The fraction of sp³-hybridized carbons (Fsp3) is 0.346. The number of hydrogen-bond donors (Lipinski definition) is 1. The van der Waals surface area contributed by atoms with Gasteiger partial charge < -0.3 is 5.32 Å². The third-order valence-corrected chi connectivity index (χ3v) is 5.57. The number of amides is 1. The van der Waals surface area contributed by atoms with Crippen LogP contribution in [-0.4, -0.2) is 15.9 Å². The second kappa shape index (κ2) is 11.1. The van der Waals surface area contributed by atoms with Crippen LogP contribution < -0.4 is 5.32 Å². The van der Waals surface area contributed by atoms with Gasteiger partial charge in [-0.25, -0.2) is 0 Å². The summed E-state index contributed by atoms with van der Waals surface area (Å²) in [4.78, 5) is 20.6. The average Bonchev–Trinajstić information content (AvgIpc) is 2.83. The van der Waals surface area contributed by atoms with Crippen LogP contribution in [-0.2, 0) is 19.0 Å². The van der Waals surface area contributed by atoms with Gasteiger partial charge in [-0.05, 0) is 74.9 Å². The zero-order valence-electron chi connectivity index (χ0n) is 18.8. The molecular weight excluding hydrogens is 427 g/mol. The number of alkyl halides is 3. The number of carbonyl (C=O) groups excluding carboxylic acids is 1. The van der Waals surface area contributed by atoms with Crippen molar-refractivity contribution < 1.29 is 18.0 Å². The van der Waals surface area contributed by atoms with Gasteiger partial charge >= 0.3 is 6.18 Å². The largest absolute Gasteiger partial charge is 0.417 e. The lowest BCUT2D eigenvalue weighted by Gasteiger charge is -2.20. The quantitative estimate of drug-likeness (QED) is 0.506. The van der Waals surface area contributed by atoms with E-state index < -0.39 is 11.7 Å². The van der Waals surface area contributed by atoms with Gasteiger partial charge in [0.05, 0.1) is 17.3 Å². The van der Waals surface area contributed by atoms with Crippen molar-refractivity contribution in [2.24, 2.45) is 0 Å². The minimum Gasteiger partial charge on any atom is -0.344 e. The van der Waals surface area contributed by atoms with Gasteiger partial charge in [0.25, 0.3) is 5.91 Å². The summed E-state index contributed by atoms with van der Waals surface area (Å²) in [6.45, 7) is 4.11. The van der Waals surface area contributed by atoms with E-state index in [-0.39, 0.29) is 11.9 Å². The molecule has 174 valence electrons. The van der Waals surface area contributed by atoms with Gasteiger partial charge in [0.1, 0.15) is 0 Å². The molecule has 1 unspecified atom stereocenters. The third-order valence-electron chi connectivity index (χ3n) is 5.57. The van der Waals surface area contributed by atoms with Crippen molar-refractivity contribution in [2.45, 2.75) is 58.2 Å². The standard InChI is InChI=1S/C20H24N2O.C6H4F3N/c1-3-17(22-20(23)16-10-8-14(2)9-11-16)19-13-12-15-6-4-5-7-18(15)21-19;7-6(8,9)5-2-1-3-10-4-5/h8-13,17H,3-7H2,1-2H3,(H,22,23);1-4H. The molecule has 7 heteroatoms. The molecule has 0 bridgehead atoms. The lowest BCUT2D eigenvalue weighted by molar-refractivity contribution is -0.137. The minimum atomic E-state index is -4.27. The lowest BCUT2D eigenvalue weighted by atomic mass is 9.95. The molecule has 0 radical (unpaired) electrons. The Kier molecular flexibility index (Phi) is 8.20. The molecule has 3 aromatic rings. The average molecular weight is 456 g/mol. The van der Waals surface area contributed by atoms with Crippen LogP contribution >= 0.6 is 0 Å². The number of carbonyl (C=O) groups is 1. The predicted octanol–water partition coefficient (Wildman–Crippen LogP) is 6.25. The molecule has 1 atom stereocenters. The summed E-state index contributed by atoms with van der Waals surface area (Å²) >= 11 is 0. The van der Waals surface area contributed by atoms with Crippen molar-refractivity contribution >= 4 is 5.91 Å². The Labute approximate surface area is 192 Å². The molecule has 1 N–H and O–H groups in total. The van der Waals surface area contributed by atoms with Crippen LogP contribution in [0.15, 0.2) is 60.9 Å². The predicted molar refractivity (Wildman–Crippen MR) is 122 cm³/mol. The summed E-state index contributed by atoms with van der Waals surface area (Å²) in [5.74, 6) is -0.0311. The van der Waals surface area contributed by atoms with Crippen LogP contribution in [0.5, 0.6) is 0 Å². The number of aromatic nitrogens is 2. The Bertz CT molecular complexity index is 1050. The van der Waals surface area contributed by atoms with Crippen LogP contribution in [0.2, 0.25) is 0 Å². The fourth-order valence-electron chi connectivity index (χ4n) is 3.66. The molecule has 0 saturated carbocycles. The zero-order valence-corrected chi connectivity index (χ0v) is 18.8. The number of benzene rings is 1. The van der Waals surface area contributed by atoms with Crippen LogP contribution in [0.3, 0.4) is 0 Å². The number of hydrogen-bond acceptors (Lipinski definition) is 3. The summed E-state index contributed by atoms with van der Waals surface area (Å²) in [5.41, 5.74) is 4.72. The molecular formula is C26H28F3N3O. The van der Waals surface area contributed by atoms with E-state index in [1.54, 1.807) is 0 Å². The molecule has 4 nitrogen and oxygen atoms in total. The van der Waals surface area contributed by atoms with Gasteiger partial charge in [-0.15, -0.1) is 0 Å². The summed E-state index contributed by atoms with van der Waals surface area (Å²) in [6.07, 6.45) is 3.33. The fourth-order valence-corrected chi connectivity index (χ4v) is 3.66. The maximum Gasteiger partial charge on any atom is 0.417 e.